The van der Waals surface area contributed by atoms with E-state index in [2.05, 4.69) is 67.7 Å². The normalized spacial score (nSPS) is 13.8. The van der Waals surface area contributed by atoms with E-state index >= 15 is 0 Å². The van der Waals surface area contributed by atoms with Gasteiger partial charge in [0, 0.05) is 12.1 Å². The third-order valence-electron chi connectivity index (χ3n) is 5.74. The van der Waals surface area contributed by atoms with Crippen molar-refractivity contribution in [2.45, 2.75) is 77.8 Å². The molecule has 0 N–H and O–H groups in total. The molecule has 0 saturated heterocycles. The summed E-state index contributed by atoms with van der Waals surface area (Å²) < 4.78 is 12.8. The molecule has 0 radical (unpaired) electrons. The molecule has 0 atom stereocenters. The van der Waals surface area contributed by atoms with Crippen LogP contribution in [0.15, 0.2) is 30.5 Å². The van der Waals surface area contributed by atoms with Gasteiger partial charge in [0.25, 0.3) is 5.69 Å². The van der Waals surface area contributed by atoms with E-state index in [9.17, 15) is 10.1 Å². The summed E-state index contributed by atoms with van der Waals surface area (Å²) in [7, 11) is -4.21. The Morgan fingerprint density at radius 1 is 0.893 bits per heavy atom. The zero-order valence-electron chi connectivity index (χ0n) is 19.0. The molecule has 0 spiro atoms. The van der Waals surface area contributed by atoms with Gasteiger partial charge in [-0.05, 0) is 60.0 Å². The van der Waals surface area contributed by atoms with Crippen LogP contribution in [-0.2, 0) is 9.05 Å². The van der Waals surface area contributed by atoms with E-state index in [1.807, 2.05) is 6.08 Å². The summed E-state index contributed by atoms with van der Waals surface area (Å²) in [6, 6.07) is 6.41. The highest BCUT2D eigenvalue weighted by Gasteiger charge is 2.43. The molecule has 28 heavy (non-hydrogen) atoms. The lowest BCUT2D eigenvalue weighted by Crippen LogP contribution is -2.50. The van der Waals surface area contributed by atoms with Crippen molar-refractivity contribution in [1.29, 1.82) is 0 Å². The lowest BCUT2D eigenvalue weighted by Gasteiger charge is -2.43. The molecule has 1 rings (SSSR count). The number of nitro benzene ring substituents is 1. The van der Waals surface area contributed by atoms with Gasteiger partial charge in [0.15, 0.2) is 0 Å². The Labute approximate surface area is 171 Å². The maximum Gasteiger partial charge on any atom is 0.269 e. The van der Waals surface area contributed by atoms with Crippen LogP contribution >= 0.6 is 0 Å². The minimum Gasteiger partial charge on any atom is -0.298 e. The summed E-state index contributed by atoms with van der Waals surface area (Å²) in [6.07, 6.45) is 3.63. The fourth-order valence-corrected chi connectivity index (χ4v) is 3.38. The maximum atomic E-state index is 10.8. The van der Waals surface area contributed by atoms with Crippen molar-refractivity contribution < 1.29 is 14.0 Å². The molecule has 1 aromatic carbocycles. The van der Waals surface area contributed by atoms with Crippen LogP contribution in [0.1, 0.15) is 47.1 Å². The van der Waals surface area contributed by atoms with Crippen LogP contribution in [0.2, 0.25) is 36.3 Å². The van der Waals surface area contributed by atoms with Gasteiger partial charge in [0.2, 0.25) is 16.6 Å². The van der Waals surface area contributed by atoms with Crippen LogP contribution in [0.25, 0.3) is 6.08 Å². The minimum absolute atomic E-state index is 0.0310. The number of hydrogen-bond donors (Lipinski definition) is 0. The summed E-state index contributed by atoms with van der Waals surface area (Å²) in [4.78, 5) is 10.4. The first-order valence-corrected chi connectivity index (χ1v) is 15.4. The van der Waals surface area contributed by atoms with Gasteiger partial charge in [-0.3, -0.25) is 19.2 Å². The summed E-state index contributed by atoms with van der Waals surface area (Å²) in [6.45, 7) is 21.8. The van der Waals surface area contributed by atoms with Gasteiger partial charge >= 0.3 is 0 Å². The number of nitro groups is 1. The molecule has 0 saturated carbocycles. The molecule has 0 amide bonds. The Bertz CT molecular complexity index is 674. The topological polar surface area (TPSA) is 64.8 Å². The molecular weight excluding hydrogens is 388 g/mol. The lowest BCUT2D eigenvalue weighted by molar-refractivity contribution is -0.384. The first-order chi connectivity index (χ1) is 12.5. The standard InChI is InChI=1S/C20H36N2O4Si2/c1-19(2,3)27(7,8)25-21(26-28(9,10)20(4,5)6)16-15-17-11-13-18(14-12-17)22(23)24/h11-16H,1-10H3/b16-15+. The van der Waals surface area contributed by atoms with E-state index in [4.69, 9.17) is 9.05 Å². The van der Waals surface area contributed by atoms with Crippen molar-refractivity contribution >= 4 is 28.4 Å². The zero-order chi connectivity index (χ0) is 22.0. The molecule has 1 aromatic rings. The third kappa shape index (κ3) is 6.54. The van der Waals surface area contributed by atoms with Gasteiger partial charge in [0.05, 0.1) is 11.1 Å². The fraction of sp³-hybridized carbons (Fsp3) is 0.600. The number of non-ortho nitro benzene ring substituents is 1. The van der Waals surface area contributed by atoms with Crippen molar-refractivity contribution in [2.24, 2.45) is 0 Å². The van der Waals surface area contributed by atoms with Gasteiger partial charge in [-0.1, -0.05) is 41.5 Å². The highest BCUT2D eigenvalue weighted by Crippen LogP contribution is 2.40. The van der Waals surface area contributed by atoms with E-state index < -0.39 is 21.6 Å². The average molecular weight is 425 g/mol. The number of rotatable bonds is 7. The van der Waals surface area contributed by atoms with Crippen LogP contribution in [0, 0.1) is 10.1 Å². The largest absolute Gasteiger partial charge is 0.298 e. The molecule has 8 heteroatoms. The highest BCUT2D eigenvalue weighted by atomic mass is 28.4. The second-order valence-electron chi connectivity index (χ2n) is 10.2. The van der Waals surface area contributed by atoms with Crippen molar-refractivity contribution in [3.63, 3.8) is 0 Å². The molecule has 6 nitrogen and oxygen atoms in total. The van der Waals surface area contributed by atoms with E-state index in [1.54, 1.807) is 18.3 Å². The summed E-state index contributed by atoms with van der Waals surface area (Å²) in [5.74, 6) is 0. The quantitative estimate of drug-likeness (QED) is 0.275. The lowest BCUT2D eigenvalue weighted by atomic mass is 10.2. The predicted molar refractivity (Wildman–Crippen MR) is 121 cm³/mol. The average Bonchev–Trinajstić information content (AvgIpc) is 2.50. The zero-order valence-corrected chi connectivity index (χ0v) is 21.0. The summed E-state index contributed by atoms with van der Waals surface area (Å²) >= 11 is 0. The van der Waals surface area contributed by atoms with Crippen LogP contribution in [0.4, 0.5) is 5.69 Å². The first-order valence-electron chi connectivity index (χ1n) is 9.56. The number of hydrogen-bond acceptors (Lipinski definition) is 5. The maximum absolute atomic E-state index is 10.8. The predicted octanol–water partition coefficient (Wildman–Crippen LogP) is 6.74. The monoisotopic (exact) mass is 424 g/mol. The van der Waals surface area contributed by atoms with E-state index in [0.29, 0.717) is 0 Å². The van der Waals surface area contributed by atoms with Crippen LogP contribution in [0.3, 0.4) is 0 Å². The van der Waals surface area contributed by atoms with Gasteiger partial charge in [-0.2, -0.15) is 5.23 Å². The Morgan fingerprint density at radius 2 is 1.29 bits per heavy atom. The number of benzene rings is 1. The molecule has 0 unspecified atom stereocenters. The molecule has 0 fully saturated rings. The van der Waals surface area contributed by atoms with Crippen molar-refractivity contribution in [1.82, 2.24) is 5.23 Å². The second kappa shape index (κ2) is 8.48. The Hall–Kier alpha value is -1.49. The van der Waals surface area contributed by atoms with Gasteiger partial charge in [-0.25, -0.2) is 0 Å². The fourth-order valence-electron chi connectivity index (χ4n) is 1.66. The molecule has 0 heterocycles. The number of hydroxylamine groups is 2. The second-order valence-corrected chi connectivity index (χ2v) is 19.6. The third-order valence-corrected chi connectivity index (χ3v) is 14.2. The first kappa shape index (κ1) is 24.6. The molecule has 0 aliphatic rings. The Balaban J connectivity index is 3.14. The van der Waals surface area contributed by atoms with Gasteiger partial charge in [0.1, 0.15) is 0 Å². The van der Waals surface area contributed by atoms with Crippen LogP contribution < -0.4 is 0 Å². The van der Waals surface area contributed by atoms with Crippen LogP contribution in [0.5, 0.6) is 0 Å². The summed E-state index contributed by atoms with van der Waals surface area (Å²) in [5.41, 5.74) is 0.914. The Kier molecular flexibility index (Phi) is 7.44. The number of nitrogens with zero attached hydrogens (tertiary/aromatic N) is 2. The van der Waals surface area contributed by atoms with Gasteiger partial charge < -0.3 is 0 Å². The van der Waals surface area contributed by atoms with Crippen LogP contribution in [-0.4, -0.2) is 26.8 Å². The molecular formula is C20H36N2O4Si2. The SMILES string of the molecule is CC(C)(C)[Si](C)(C)ON(/C=C/c1ccc([N+](=O)[O-])cc1)O[Si](C)(C)C(C)(C)C. The Morgan fingerprint density at radius 3 is 1.61 bits per heavy atom. The van der Waals surface area contributed by atoms with E-state index in [0.717, 1.165) is 5.56 Å². The molecule has 0 aromatic heterocycles. The van der Waals surface area contributed by atoms with Crippen molar-refractivity contribution in [2.75, 3.05) is 0 Å². The molecule has 158 valence electrons. The minimum atomic E-state index is -2.11. The van der Waals surface area contributed by atoms with E-state index in [1.165, 1.54) is 17.4 Å². The van der Waals surface area contributed by atoms with Crippen molar-refractivity contribution in [3.05, 3.63) is 46.1 Å². The summed E-state index contributed by atoms with van der Waals surface area (Å²) in [5, 5.41) is 12.4. The highest BCUT2D eigenvalue weighted by molar-refractivity contribution is 6.74. The van der Waals surface area contributed by atoms with Crippen molar-refractivity contribution in [3.8, 4) is 0 Å². The van der Waals surface area contributed by atoms with Gasteiger partial charge in [-0.15, -0.1) is 0 Å². The smallest absolute Gasteiger partial charge is 0.269 e. The molecule has 0 aliphatic carbocycles. The molecule has 0 bridgehead atoms. The molecule has 0 aliphatic heterocycles. The van der Waals surface area contributed by atoms with E-state index in [-0.39, 0.29) is 15.8 Å².